The van der Waals surface area contributed by atoms with Crippen molar-refractivity contribution in [2.45, 2.75) is 38.1 Å². The molecular weight excluding hydrogens is 402 g/mol. The molecule has 2 aliphatic heterocycles. The molecule has 1 spiro atoms. The number of carbonyl (C=O) groups is 2. The highest BCUT2D eigenvalue weighted by Gasteiger charge is 2.48. The zero-order valence-corrected chi connectivity index (χ0v) is 18.5. The first kappa shape index (κ1) is 20.6. The molecular formula is C26H27N3O3. The van der Waals surface area contributed by atoms with E-state index >= 15 is 0 Å². The average Bonchev–Trinajstić information content (AvgIpc) is 3.13. The van der Waals surface area contributed by atoms with Crippen molar-refractivity contribution in [2.24, 2.45) is 0 Å². The van der Waals surface area contributed by atoms with Gasteiger partial charge in [-0.15, -0.1) is 0 Å². The van der Waals surface area contributed by atoms with Gasteiger partial charge >= 0.3 is 0 Å². The van der Waals surface area contributed by atoms with E-state index in [4.69, 9.17) is 9.82 Å². The number of aryl methyl sites for hydroxylation is 1. The van der Waals surface area contributed by atoms with Crippen LogP contribution in [0, 0.1) is 6.92 Å². The molecule has 5 rings (SSSR count). The van der Waals surface area contributed by atoms with Crippen LogP contribution in [0.25, 0.3) is 22.2 Å². The summed E-state index contributed by atoms with van der Waals surface area (Å²) in [6, 6.07) is 17.9. The predicted octanol–water partition coefficient (Wildman–Crippen LogP) is 4.37. The van der Waals surface area contributed by atoms with Crippen LogP contribution < -0.4 is 0 Å². The molecule has 1 aromatic heterocycles. The lowest BCUT2D eigenvalue weighted by atomic mass is 9.85. The fourth-order valence-electron chi connectivity index (χ4n) is 5.08. The summed E-state index contributed by atoms with van der Waals surface area (Å²) in [5, 5.41) is 2.41. The van der Waals surface area contributed by atoms with Crippen LogP contribution in [-0.4, -0.2) is 52.5 Å². The van der Waals surface area contributed by atoms with Crippen LogP contribution in [0.3, 0.4) is 0 Å². The number of para-hydroxylation sites is 1. The van der Waals surface area contributed by atoms with E-state index in [1.807, 2.05) is 47.4 Å². The zero-order chi connectivity index (χ0) is 22.3. The number of hydroxylamine groups is 2. The summed E-state index contributed by atoms with van der Waals surface area (Å²) in [4.78, 5) is 37.9. The molecule has 2 saturated heterocycles. The summed E-state index contributed by atoms with van der Waals surface area (Å²) in [6.45, 7) is 3.25. The number of rotatable bonds is 3. The maximum absolute atomic E-state index is 13.7. The second-order valence-corrected chi connectivity index (χ2v) is 8.83. The first-order chi connectivity index (χ1) is 15.5. The smallest absolute Gasteiger partial charge is 0.254 e. The number of pyridine rings is 1. The van der Waals surface area contributed by atoms with Gasteiger partial charge in [0.05, 0.1) is 29.4 Å². The lowest BCUT2D eigenvalue weighted by molar-refractivity contribution is -0.201. The van der Waals surface area contributed by atoms with E-state index in [9.17, 15) is 9.59 Å². The average molecular weight is 430 g/mol. The van der Waals surface area contributed by atoms with Crippen LogP contribution in [-0.2, 0) is 9.63 Å². The van der Waals surface area contributed by atoms with Gasteiger partial charge in [0.1, 0.15) is 0 Å². The normalized spacial score (nSPS) is 18.0. The van der Waals surface area contributed by atoms with Gasteiger partial charge in [0.15, 0.2) is 0 Å². The SMILES string of the molecule is CON1C(=O)CCC12CCN(C(=O)c1cc(-c3ccc(C)cc3)nc3ccccc13)CC2. The predicted molar refractivity (Wildman–Crippen MR) is 123 cm³/mol. The lowest BCUT2D eigenvalue weighted by Gasteiger charge is -2.43. The first-order valence-corrected chi connectivity index (χ1v) is 11.1. The van der Waals surface area contributed by atoms with Crippen LogP contribution in [0.1, 0.15) is 41.6 Å². The van der Waals surface area contributed by atoms with Crippen molar-refractivity contribution in [3.63, 3.8) is 0 Å². The molecule has 164 valence electrons. The number of fused-ring (bicyclic) bond motifs is 1. The Labute approximate surface area is 187 Å². The molecule has 0 bridgehead atoms. The number of amides is 2. The Morgan fingerprint density at radius 1 is 1.03 bits per heavy atom. The van der Waals surface area contributed by atoms with Gasteiger partial charge in [0.25, 0.3) is 5.91 Å². The standard InChI is InChI=1S/C26H27N3O3/c1-18-7-9-19(10-8-18)23-17-21(20-5-3-4-6-22(20)27-23)25(31)28-15-13-26(14-16-28)12-11-24(30)29(26)32-2/h3-10,17H,11-16H2,1-2H3. The van der Waals surface area contributed by atoms with Gasteiger partial charge in [0.2, 0.25) is 5.91 Å². The topological polar surface area (TPSA) is 62.7 Å². The van der Waals surface area contributed by atoms with E-state index in [0.717, 1.165) is 41.4 Å². The largest absolute Gasteiger partial charge is 0.338 e. The Balaban J connectivity index is 1.46. The molecule has 2 aliphatic rings. The highest BCUT2D eigenvalue weighted by Crippen LogP contribution is 2.39. The summed E-state index contributed by atoms with van der Waals surface area (Å²) >= 11 is 0. The molecule has 0 N–H and O–H groups in total. The number of hydrogen-bond donors (Lipinski definition) is 0. The highest BCUT2D eigenvalue weighted by molar-refractivity contribution is 6.07. The number of nitrogens with zero attached hydrogens (tertiary/aromatic N) is 3. The summed E-state index contributed by atoms with van der Waals surface area (Å²) in [7, 11) is 1.55. The number of benzene rings is 2. The van der Waals surface area contributed by atoms with Gasteiger partial charge < -0.3 is 4.90 Å². The number of aromatic nitrogens is 1. The van der Waals surface area contributed by atoms with E-state index in [2.05, 4.69) is 19.1 Å². The van der Waals surface area contributed by atoms with Crippen molar-refractivity contribution in [3.05, 3.63) is 65.7 Å². The molecule has 0 saturated carbocycles. The Kier molecular flexibility index (Phi) is 5.18. The molecule has 6 heteroatoms. The van der Waals surface area contributed by atoms with E-state index in [0.29, 0.717) is 25.1 Å². The highest BCUT2D eigenvalue weighted by atomic mass is 16.7. The van der Waals surface area contributed by atoms with E-state index in [-0.39, 0.29) is 17.4 Å². The summed E-state index contributed by atoms with van der Waals surface area (Å²) in [6.07, 6.45) is 2.76. The molecule has 0 aliphatic carbocycles. The van der Waals surface area contributed by atoms with Gasteiger partial charge in [0, 0.05) is 30.5 Å². The molecule has 0 atom stereocenters. The first-order valence-electron chi connectivity index (χ1n) is 11.1. The Morgan fingerprint density at radius 3 is 2.47 bits per heavy atom. The Morgan fingerprint density at radius 2 is 1.75 bits per heavy atom. The maximum Gasteiger partial charge on any atom is 0.254 e. The molecule has 3 aromatic rings. The summed E-state index contributed by atoms with van der Waals surface area (Å²) < 4.78 is 0. The number of likely N-dealkylation sites (tertiary alicyclic amines) is 1. The van der Waals surface area contributed by atoms with E-state index in [1.165, 1.54) is 5.56 Å². The molecule has 6 nitrogen and oxygen atoms in total. The number of carbonyl (C=O) groups excluding carboxylic acids is 2. The fraction of sp³-hybridized carbons (Fsp3) is 0.346. The lowest BCUT2D eigenvalue weighted by Crippen LogP contribution is -2.53. The summed E-state index contributed by atoms with van der Waals surface area (Å²) in [5.41, 5.74) is 4.18. The van der Waals surface area contributed by atoms with Crippen molar-refractivity contribution < 1.29 is 14.4 Å². The second kappa shape index (κ2) is 8.02. The molecule has 3 heterocycles. The number of hydrogen-bond acceptors (Lipinski definition) is 4. The third-order valence-corrected chi connectivity index (χ3v) is 6.92. The van der Waals surface area contributed by atoms with Crippen molar-refractivity contribution in [1.82, 2.24) is 14.9 Å². The molecule has 2 fully saturated rings. The molecule has 32 heavy (non-hydrogen) atoms. The monoisotopic (exact) mass is 429 g/mol. The maximum atomic E-state index is 13.7. The molecule has 2 amide bonds. The zero-order valence-electron chi connectivity index (χ0n) is 18.5. The van der Waals surface area contributed by atoms with Gasteiger partial charge in [-0.3, -0.25) is 14.4 Å². The van der Waals surface area contributed by atoms with Crippen LogP contribution in [0.2, 0.25) is 0 Å². The third kappa shape index (κ3) is 3.45. The van der Waals surface area contributed by atoms with Crippen molar-refractivity contribution in [1.29, 1.82) is 0 Å². The van der Waals surface area contributed by atoms with Gasteiger partial charge in [-0.2, -0.15) is 0 Å². The van der Waals surface area contributed by atoms with E-state index in [1.54, 1.807) is 12.2 Å². The van der Waals surface area contributed by atoms with E-state index < -0.39 is 0 Å². The Bertz CT molecular complexity index is 1180. The van der Waals surface area contributed by atoms with Crippen molar-refractivity contribution >= 4 is 22.7 Å². The molecule has 0 radical (unpaired) electrons. The Hall–Kier alpha value is -3.25. The molecule has 0 unspecified atom stereocenters. The van der Waals surface area contributed by atoms with Crippen molar-refractivity contribution in [2.75, 3.05) is 20.2 Å². The third-order valence-electron chi connectivity index (χ3n) is 6.92. The minimum Gasteiger partial charge on any atom is -0.338 e. The van der Waals surface area contributed by atoms with Gasteiger partial charge in [-0.25, -0.2) is 10.0 Å². The summed E-state index contributed by atoms with van der Waals surface area (Å²) in [5.74, 6) is 0.0512. The minimum absolute atomic E-state index is 0.0140. The minimum atomic E-state index is -0.282. The van der Waals surface area contributed by atoms with Crippen LogP contribution in [0.15, 0.2) is 54.6 Å². The number of piperidine rings is 1. The fourth-order valence-corrected chi connectivity index (χ4v) is 5.08. The quantitative estimate of drug-likeness (QED) is 0.620. The van der Waals surface area contributed by atoms with Gasteiger partial charge in [-0.1, -0.05) is 48.0 Å². The van der Waals surface area contributed by atoms with Crippen LogP contribution >= 0.6 is 0 Å². The molecule has 2 aromatic carbocycles. The van der Waals surface area contributed by atoms with Gasteiger partial charge in [-0.05, 0) is 38.3 Å². The van der Waals surface area contributed by atoms with Crippen molar-refractivity contribution in [3.8, 4) is 11.3 Å². The van der Waals surface area contributed by atoms with Crippen LogP contribution in [0.5, 0.6) is 0 Å². The van der Waals surface area contributed by atoms with Crippen LogP contribution in [0.4, 0.5) is 0 Å². The second-order valence-electron chi connectivity index (χ2n) is 8.83.